The molecule has 0 saturated heterocycles. The van der Waals surface area contributed by atoms with E-state index >= 15 is 0 Å². The minimum Gasteiger partial charge on any atom is -0.393 e. The van der Waals surface area contributed by atoms with Crippen LogP contribution in [0.1, 0.15) is 111 Å². The standard InChI is InChI=1S/C25H46O/c1-18(9-8-10-20(3)26)19(2)15-16-25-23-13-6-4-11-21(23)17-22-12-5-7-14-24(22)25/h18-26H,4-17H2,1-3H3/t18?,19-,20+,21+,22?,23?,24?,25?/m0/s1. The van der Waals surface area contributed by atoms with E-state index in [9.17, 15) is 5.11 Å². The van der Waals surface area contributed by atoms with Gasteiger partial charge in [-0.1, -0.05) is 71.6 Å². The zero-order chi connectivity index (χ0) is 18.5. The molecule has 3 aliphatic rings. The Morgan fingerprint density at radius 1 is 0.731 bits per heavy atom. The second-order valence-electron chi connectivity index (χ2n) is 10.6. The van der Waals surface area contributed by atoms with Crippen LogP contribution in [0.3, 0.4) is 0 Å². The first-order valence-electron chi connectivity index (χ1n) is 12.2. The molecule has 0 aromatic carbocycles. The van der Waals surface area contributed by atoms with Crippen molar-refractivity contribution in [1.29, 1.82) is 0 Å². The Balaban J connectivity index is 1.53. The first-order chi connectivity index (χ1) is 12.6. The van der Waals surface area contributed by atoms with E-state index in [0.29, 0.717) is 0 Å². The third-order valence-corrected chi connectivity index (χ3v) is 8.85. The number of rotatable bonds is 8. The molecule has 1 nitrogen and oxygen atoms in total. The molecule has 8 atom stereocenters. The molecule has 3 rings (SSSR count). The van der Waals surface area contributed by atoms with E-state index in [1.54, 1.807) is 32.1 Å². The molecule has 0 amide bonds. The smallest absolute Gasteiger partial charge is 0.0512 e. The van der Waals surface area contributed by atoms with Crippen LogP contribution in [0.5, 0.6) is 0 Å². The van der Waals surface area contributed by atoms with Crippen LogP contribution >= 0.6 is 0 Å². The monoisotopic (exact) mass is 362 g/mol. The van der Waals surface area contributed by atoms with Crippen molar-refractivity contribution in [3.8, 4) is 0 Å². The molecular weight excluding hydrogens is 316 g/mol. The van der Waals surface area contributed by atoms with Crippen LogP contribution in [0.4, 0.5) is 0 Å². The minimum atomic E-state index is -0.119. The van der Waals surface area contributed by atoms with Crippen molar-refractivity contribution in [3.63, 3.8) is 0 Å². The SMILES string of the molecule is CC(CCC[C@@H](C)O)[C@@H](C)CCC1C2CCCCC2C[C@H]2CCCCC12. The summed E-state index contributed by atoms with van der Waals surface area (Å²) in [5.41, 5.74) is 0. The minimum absolute atomic E-state index is 0.119. The fraction of sp³-hybridized carbons (Fsp3) is 1.00. The summed E-state index contributed by atoms with van der Waals surface area (Å²) < 4.78 is 0. The van der Waals surface area contributed by atoms with Crippen LogP contribution in [-0.2, 0) is 0 Å². The summed E-state index contributed by atoms with van der Waals surface area (Å²) >= 11 is 0. The third kappa shape index (κ3) is 5.27. The molecule has 0 bridgehead atoms. The molecule has 26 heavy (non-hydrogen) atoms. The largest absolute Gasteiger partial charge is 0.393 e. The molecule has 152 valence electrons. The summed E-state index contributed by atoms with van der Waals surface area (Å²) in [5.74, 6) is 7.09. The van der Waals surface area contributed by atoms with Gasteiger partial charge in [0.1, 0.15) is 0 Å². The van der Waals surface area contributed by atoms with Gasteiger partial charge in [0.2, 0.25) is 0 Å². The lowest BCUT2D eigenvalue weighted by atomic mass is 9.54. The first kappa shape index (κ1) is 20.7. The van der Waals surface area contributed by atoms with Gasteiger partial charge in [0.15, 0.2) is 0 Å². The number of fused-ring (bicyclic) bond motifs is 2. The second-order valence-corrected chi connectivity index (χ2v) is 10.6. The number of aliphatic hydroxyl groups excluding tert-OH is 1. The van der Waals surface area contributed by atoms with Gasteiger partial charge in [-0.3, -0.25) is 0 Å². The van der Waals surface area contributed by atoms with E-state index in [0.717, 1.165) is 47.8 Å². The summed E-state index contributed by atoms with van der Waals surface area (Å²) in [6, 6.07) is 0. The Morgan fingerprint density at radius 2 is 1.27 bits per heavy atom. The molecule has 1 heteroatoms. The van der Waals surface area contributed by atoms with E-state index in [1.165, 1.54) is 51.4 Å². The molecule has 0 spiro atoms. The van der Waals surface area contributed by atoms with E-state index in [-0.39, 0.29) is 6.10 Å². The molecule has 3 fully saturated rings. The maximum Gasteiger partial charge on any atom is 0.0512 e. The second kappa shape index (κ2) is 9.94. The molecule has 3 aliphatic carbocycles. The maximum absolute atomic E-state index is 9.50. The van der Waals surface area contributed by atoms with Crippen LogP contribution in [0.25, 0.3) is 0 Å². The van der Waals surface area contributed by atoms with E-state index in [1.807, 2.05) is 6.92 Å². The van der Waals surface area contributed by atoms with Crippen molar-refractivity contribution in [2.75, 3.05) is 0 Å². The van der Waals surface area contributed by atoms with Crippen LogP contribution < -0.4 is 0 Å². The van der Waals surface area contributed by atoms with Crippen molar-refractivity contribution in [1.82, 2.24) is 0 Å². The quantitative estimate of drug-likeness (QED) is 0.483. The van der Waals surface area contributed by atoms with Gasteiger partial charge in [0, 0.05) is 0 Å². The average molecular weight is 363 g/mol. The average Bonchev–Trinajstić information content (AvgIpc) is 2.64. The Bertz CT molecular complexity index is 381. The highest BCUT2D eigenvalue weighted by Crippen LogP contribution is 2.54. The number of aliphatic hydroxyl groups is 1. The zero-order valence-corrected chi connectivity index (χ0v) is 18.0. The molecular formula is C25H46O. The normalized spacial score (nSPS) is 38.1. The van der Waals surface area contributed by atoms with E-state index in [2.05, 4.69) is 13.8 Å². The van der Waals surface area contributed by atoms with Crippen LogP contribution in [0.15, 0.2) is 0 Å². The molecule has 3 saturated carbocycles. The predicted octanol–water partition coefficient (Wildman–Crippen LogP) is 7.22. The Labute approximate surface area is 163 Å². The fourth-order valence-electron chi connectivity index (χ4n) is 7.08. The van der Waals surface area contributed by atoms with Gasteiger partial charge in [0.05, 0.1) is 6.10 Å². The van der Waals surface area contributed by atoms with Crippen molar-refractivity contribution < 1.29 is 5.11 Å². The third-order valence-electron chi connectivity index (χ3n) is 8.85. The molecule has 5 unspecified atom stereocenters. The van der Waals surface area contributed by atoms with Gasteiger partial charge in [-0.15, -0.1) is 0 Å². The lowest BCUT2D eigenvalue weighted by Crippen LogP contribution is -2.43. The van der Waals surface area contributed by atoms with Crippen molar-refractivity contribution in [2.45, 2.75) is 117 Å². The molecule has 0 aliphatic heterocycles. The molecule has 0 radical (unpaired) electrons. The van der Waals surface area contributed by atoms with Crippen molar-refractivity contribution in [3.05, 3.63) is 0 Å². The van der Waals surface area contributed by atoms with E-state index < -0.39 is 0 Å². The van der Waals surface area contributed by atoms with Crippen molar-refractivity contribution in [2.24, 2.45) is 41.4 Å². The highest BCUT2D eigenvalue weighted by atomic mass is 16.3. The zero-order valence-electron chi connectivity index (χ0n) is 18.0. The highest BCUT2D eigenvalue weighted by Gasteiger charge is 2.45. The van der Waals surface area contributed by atoms with Crippen LogP contribution in [0.2, 0.25) is 0 Å². The predicted molar refractivity (Wildman–Crippen MR) is 112 cm³/mol. The van der Waals surface area contributed by atoms with Gasteiger partial charge in [-0.2, -0.15) is 0 Å². The maximum atomic E-state index is 9.50. The highest BCUT2D eigenvalue weighted by molar-refractivity contribution is 4.95. The van der Waals surface area contributed by atoms with Crippen molar-refractivity contribution >= 4 is 0 Å². The topological polar surface area (TPSA) is 20.2 Å². The lowest BCUT2D eigenvalue weighted by Gasteiger charge is -2.52. The number of hydrogen-bond acceptors (Lipinski definition) is 1. The van der Waals surface area contributed by atoms with E-state index in [4.69, 9.17) is 0 Å². The Hall–Kier alpha value is -0.0400. The number of hydrogen-bond donors (Lipinski definition) is 1. The van der Waals surface area contributed by atoms with Gasteiger partial charge in [-0.05, 0) is 80.5 Å². The molecule has 0 heterocycles. The molecule has 1 N–H and O–H groups in total. The summed E-state index contributed by atoms with van der Waals surface area (Å²) in [7, 11) is 0. The van der Waals surface area contributed by atoms with Gasteiger partial charge >= 0.3 is 0 Å². The summed E-state index contributed by atoms with van der Waals surface area (Å²) in [6.45, 7) is 6.89. The Kier molecular flexibility index (Phi) is 7.91. The van der Waals surface area contributed by atoms with Gasteiger partial charge in [-0.25, -0.2) is 0 Å². The van der Waals surface area contributed by atoms with Gasteiger partial charge in [0.25, 0.3) is 0 Å². The van der Waals surface area contributed by atoms with Crippen LogP contribution in [-0.4, -0.2) is 11.2 Å². The molecule has 0 aromatic heterocycles. The van der Waals surface area contributed by atoms with Gasteiger partial charge < -0.3 is 5.11 Å². The first-order valence-corrected chi connectivity index (χ1v) is 12.2. The fourth-order valence-corrected chi connectivity index (χ4v) is 7.08. The lowest BCUT2D eigenvalue weighted by molar-refractivity contribution is -0.0183. The summed E-state index contributed by atoms with van der Waals surface area (Å²) in [4.78, 5) is 0. The summed E-state index contributed by atoms with van der Waals surface area (Å²) in [6.07, 6.45) is 20.2. The summed E-state index contributed by atoms with van der Waals surface area (Å²) in [5, 5.41) is 9.50. The Morgan fingerprint density at radius 3 is 1.85 bits per heavy atom. The van der Waals surface area contributed by atoms with Crippen LogP contribution in [0, 0.1) is 41.4 Å². The molecule has 0 aromatic rings.